The van der Waals surface area contributed by atoms with Crippen LogP contribution in [0, 0.1) is 17.5 Å². The van der Waals surface area contributed by atoms with Crippen LogP contribution in [0.15, 0.2) is 18.3 Å². The number of rotatable bonds is 5. The molecule has 33 heavy (non-hydrogen) atoms. The van der Waals surface area contributed by atoms with Crippen LogP contribution in [0.2, 0.25) is 0 Å². The van der Waals surface area contributed by atoms with Crippen molar-refractivity contribution in [2.75, 3.05) is 23.8 Å². The van der Waals surface area contributed by atoms with Gasteiger partial charge in [0.05, 0.1) is 12.3 Å². The molecule has 5 rings (SSSR count). The van der Waals surface area contributed by atoms with Crippen molar-refractivity contribution in [1.29, 1.82) is 0 Å². The maximum atomic E-state index is 14.3. The van der Waals surface area contributed by atoms with Gasteiger partial charge >= 0.3 is 0 Å². The Morgan fingerprint density at radius 1 is 0.970 bits per heavy atom. The molecule has 1 aliphatic heterocycles. The van der Waals surface area contributed by atoms with Crippen molar-refractivity contribution in [3.05, 3.63) is 35.8 Å². The molecule has 11 heteroatoms. The van der Waals surface area contributed by atoms with Crippen molar-refractivity contribution >= 4 is 28.7 Å². The second-order valence-corrected chi connectivity index (χ2v) is 8.57. The zero-order valence-electron chi connectivity index (χ0n) is 17.9. The van der Waals surface area contributed by atoms with E-state index in [0.717, 1.165) is 12.8 Å². The molecule has 1 saturated heterocycles. The fourth-order valence-corrected chi connectivity index (χ4v) is 4.51. The Balaban J connectivity index is 1.54. The van der Waals surface area contributed by atoms with Crippen LogP contribution in [0.25, 0.3) is 11.2 Å². The molecule has 2 fully saturated rings. The van der Waals surface area contributed by atoms with Crippen LogP contribution < -0.4 is 10.6 Å². The first-order valence-corrected chi connectivity index (χ1v) is 11.2. The van der Waals surface area contributed by atoms with E-state index < -0.39 is 23.1 Å². The largest absolute Gasteiger partial charge is 0.393 e. The van der Waals surface area contributed by atoms with Gasteiger partial charge in [0.2, 0.25) is 11.9 Å². The van der Waals surface area contributed by atoms with Crippen molar-refractivity contribution in [3.63, 3.8) is 0 Å². The fraction of sp³-hybridized carbons (Fsp3) is 0.500. The molecular formula is C22H25F3N6O2. The van der Waals surface area contributed by atoms with E-state index in [1.54, 1.807) is 10.8 Å². The lowest BCUT2D eigenvalue weighted by atomic mass is 9.93. The third kappa shape index (κ3) is 4.60. The number of nitrogens with one attached hydrogen (secondary N) is 2. The third-order valence-electron chi connectivity index (χ3n) is 6.26. The van der Waals surface area contributed by atoms with E-state index in [0.29, 0.717) is 68.1 Å². The van der Waals surface area contributed by atoms with Crippen LogP contribution in [-0.2, 0) is 4.74 Å². The van der Waals surface area contributed by atoms with E-state index in [9.17, 15) is 18.3 Å². The highest BCUT2D eigenvalue weighted by Gasteiger charge is 2.27. The topological polar surface area (TPSA) is 97.1 Å². The monoisotopic (exact) mass is 462 g/mol. The number of imidazole rings is 1. The summed E-state index contributed by atoms with van der Waals surface area (Å²) in [4.78, 5) is 13.5. The highest BCUT2D eigenvalue weighted by Crippen LogP contribution is 2.35. The van der Waals surface area contributed by atoms with Crippen LogP contribution in [0.5, 0.6) is 0 Å². The minimum absolute atomic E-state index is 0.0849. The van der Waals surface area contributed by atoms with E-state index in [1.807, 2.05) is 0 Å². The minimum atomic E-state index is -1.06. The predicted molar refractivity (Wildman–Crippen MR) is 116 cm³/mol. The SMILES string of the molecule is O[C@H]1CC[C@@H](n2c(Nc3c(F)cc(F)cc3F)nc3cnc(NC4CCOCC4)nc32)CC1. The summed E-state index contributed by atoms with van der Waals surface area (Å²) in [5.41, 5.74) is 0.493. The van der Waals surface area contributed by atoms with Crippen molar-refractivity contribution in [2.24, 2.45) is 0 Å². The van der Waals surface area contributed by atoms with E-state index >= 15 is 0 Å². The Hall–Kier alpha value is -2.92. The Bertz CT molecular complexity index is 1120. The minimum Gasteiger partial charge on any atom is -0.393 e. The Kier molecular flexibility index (Phi) is 6.07. The first kappa shape index (κ1) is 21.9. The van der Waals surface area contributed by atoms with Gasteiger partial charge in [0.1, 0.15) is 17.0 Å². The van der Waals surface area contributed by atoms with E-state index in [1.165, 1.54) is 0 Å². The molecule has 0 radical (unpaired) electrons. The second kappa shape index (κ2) is 9.14. The van der Waals surface area contributed by atoms with Crippen LogP contribution in [0.3, 0.4) is 0 Å². The van der Waals surface area contributed by atoms with E-state index in [4.69, 9.17) is 4.74 Å². The summed E-state index contributed by atoms with van der Waals surface area (Å²) in [6.07, 6.45) is 5.39. The van der Waals surface area contributed by atoms with Crippen molar-refractivity contribution < 1.29 is 23.0 Å². The quantitative estimate of drug-likeness (QED) is 0.526. The molecule has 1 aromatic carbocycles. The molecule has 3 heterocycles. The summed E-state index contributed by atoms with van der Waals surface area (Å²) in [5, 5.41) is 16.0. The Labute approximate surface area is 188 Å². The van der Waals surface area contributed by atoms with Crippen molar-refractivity contribution in [1.82, 2.24) is 19.5 Å². The first-order chi connectivity index (χ1) is 16.0. The predicted octanol–water partition coefficient (Wildman–Crippen LogP) is 4.05. The number of fused-ring (bicyclic) bond motifs is 1. The van der Waals surface area contributed by atoms with Gasteiger partial charge in [-0.25, -0.2) is 23.1 Å². The molecule has 0 spiro atoms. The summed E-state index contributed by atoms with van der Waals surface area (Å²) in [7, 11) is 0. The summed E-state index contributed by atoms with van der Waals surface area (Å²) in [5.74, 6) is -2.48. The maximum Gasteiger partial charge on any atom is 0.224 e. The molecule has 0 amide bonds. The van der Waals surface area contributed by atoms with E-state index in [-0.39, 0.29) is 24.1 Å². The standard InChI is InChI=1S/C22H25F3N6O2/c23-12-9-16(24)19(17(25)10-12)29-22-28-18-11-26-21(27-13-5-7-33-8-6-13)30-20(18)31(22)14-1-3-15(32)4-2-14/h9-11,13-15,32H,1-8H2,(H,28,29)(H,26,27,30)/t14-,15+. The molecule has 0 bridgehead atoms. The van der Waals surface area contributed by atoms with Crippen LogP contribution in [-0.4, -0.2) is 50.0 Å². The zero-order valence-corrected chi connectivity index (χ0v) is 17.9. The van der Waals surface area contributed by atoms with Gasteiger partial charge in [-0.15, -0.1) is 0 Å². The molecule has 0 unspecified atom stereocenters. The maximum absolute atomic E-state index is 14.3. The summed E-state index contributed by atoms with van der Waals surface area (Å²) < 4.78 is 49.3. The number of hydrogen-bond donors (Lipinski definition) is 3. The average Bonchev–Trinajstić information content (AvgIpc) is 3.15. The third-order valence-corrected chi connectivity index (χ3v) is 6.26. The number of hydrogen-bond acceptors (Lipinski definition) is 7. The molecule has 8 nitrogen and oxygen atoms in total. The lowest BCUT2D eigenvalue weighted by molar-refractivity contribution is 0.0903. The highest BCUT2D eigenvalue weighted by atomic mass is 19.1. The lowest BCUT2D eigenvalue weighted by Crippen LogP contribution is -2.28. The van der Waals surface area contributed by atoms with Gasteiger partial charge in [-0.05, 0) is 38.5 Å². The zero-order chi connectivity index (χ0) is 22.9. The molecule has 0 atom stereocenters. The van der Waals surface area contributed by atoms with Gasteiger partial charge in [0.25, 0.3) is 0 Å². The summed E-state index contributed by atoms with van der Waals surface area (Å²) in [6, 6.07) is 1.34. The van der Waals surface area contributed by atoms with Crippen LogP contribution in [0.1, 0.15) is 44.6 Å². The van der Waals surface area contributed by atoms with Crippen LogP contribution >= 0.6 is 0 Å². The van der Waals surface area contributed by atoms with Gasteiger partial charge in [-0.2, -0.15) is 4.98 Å². The molecule has 3 N–H and O–H groups in total. The first-order valence-electron chi connectivity index (χ1n) is 11.2. The van der Waals surface area contributed by atoms with Gasteiger partial charge in [-0.3, -0.25) is 4.57 Å². The number of ether oxygens (including phenoxy) is 1. The molecule has 3 aromatic rings. The van der Waals surface area contributed by atoms with Gasteiger partial charge in [0, 0.05) is 37.4 Å². The number of halogens is 3. The van der Waals surface area contributed by atoms with Gasteiger partial charge in [-0.1, -0.05) is 0 Å². The van der Waals surface area contributed by atoms with Gasteiger partial charge < -0.3 is 20.5 Å². The molecule has 176 valence electrons. The fourth-order valence-electron chi connectivity index (χ4n) is 4.51. The number of aliphatic hydroxyl groups is 1. The Morgan fingerprint density at radius 3 is 2.36 bits per heavy atom. The lowest BCUT2D eigenvalue weighted by Gasteiger charge is -2.28. The summed E-state index contributed by atoms with van der Waals surface area (Å²) >= 11 is 0. The highest BCUT2D eigenvalue weighted by molar-refractivity contribution is 5.76. The molecule has 1 saturated carbocycles. The van der Waals surface area contributed by atoms with Crippen LogP contribution in [0.4, 0.5) is 30.8 Å². The molecule has 2 aliphatic rings. The van der Waals surface area contributed by atoms with Gasteiger partial charge in [0.15, 0.2) is 17.3 Å². The Morgan fingerprint density at radius 2 is 1.67 bits per heavy atom. The van der Waals surface area contributed by atoms with E-state index in [2.05, 4.69) is 25.6 Å². The number of benzene rings is 1. The smallest absolute Gasteiger partial charge is 0.224 e. The number of aliphatic hydroxyl groups excluding tert-OH is 1. The molecule has 1 aliphatic carbocycles. The van der Waals surface area contributed by atoms with Crippen molar-refractivity contribution in [2.45, 2.75) is 56.7 Å². The number of nitrogens with zero attached hydrogens (tertiary/aromatic N) is 4. The summed E-state index contributed by atoms with van der Waals surface area (Å²) in [6.45, 7) is 1.34. The molecule has 2 aromatic heterocycles. The number of anilines is 3. The second-order valence-electron chi connectivity index (χ2n) is 8.57. The normalized spacial score (nSPS) is 21.9. The number of aromatic nitrogens is 4. The average molecular weight is 462 g/mol. The molecular weight excluding hydrogens is 437 g/mol. The van der Waals surface area contributed by atoms with Crippen molar-refractivity contribution in [3.8, 4) is 0 Å².